The highest BCUT2D eigenvalue weighted by atomic mass is 79.9. The maximum atomic E-state index is 11.9. The molecule has 1 aliphatic rings. The predicted molar refractivity (Wildman–Crippen MR) is 113 cm³/mol. The molecule has 1 aromatic carbocycles. The van der Waals surface area contributed by atoms with Crippen LogP contribution in [0.4, 0.5) is 0 Å². The average molecular weight is 444 g/mol. The van der Waals surface area contributed by atoms with E-state index in [-0.39, 0.29) is 5.41 Å². The second-order valence-corrected chi connectivity index (χ2v) is 11.4. The number of benzene rings is 1. The lowest BCUT2D eigenvalue weighted by molar-refractivity contribution is 0.431. The van der Waals surface area contributed by atoms with E-state index in [4.69, 9.17) is 0 Å². The molecule has 2 N–H and O–H groups in total. The Balaban J connectivity index is 2.05. The highest BCUT2D eigenvalue weighted by Gasteiger charge is 2.36. The highest BCUT2D eigenvalue weighted by molar-refractivity contribution is 9.10. The molecule has 0 heterocycles. The summed E-state index contributed by atoms with van der Waals surface area (Å²) in [6.45, 7) is 4.55. The molecule has 2 rings (SSSR count). The number of nitrogens with zero attached hydrogens (tertiary/aromatic N) is 1. The fourth-order valence-corrected chi connectivity index (χ4v) is 3.92. The molecule has 5 nitrogen and oxygen atoms in total. The Bertz CT molecular complexity index is 737. The summed E-state index contributed by atoms with van der Waals surface area (Å²) in [7, 11) is -1.43. The summed E-state index contributed by atoms with van der Waals surface area (Å²) in [5, 5.41) is 6.59. The van der Waals surface area contributed by atoms with Crippen LogP contribution >= 0.6 is 15.9 Å². The second-order valence-electron chi connectivity index (χ2n) is 7.81. The zero-order chi connectivity index (χ0) is 19.4. The first-order valence-electron chi connectivity index (χ1n) is 9.00. The molecular weight excluding hydrogens is 414 g/mol. The Morgan fingerprint density at radius 2 is 1.77 bits per heavy atom. The van der Waals surface area contributed by atoms with Crippen LogP contribution in [-0.2, 0) is 15.3 Å². The van der Waals surface area contributed by atoms with Gasteiger partial charge in [0.2, 0.25) is 0 Å². The molecule has 0 bridgehead atoms. The van der Waals surface area contributed by atoms with E-state index >= 15 is 0 Å². The third-order valence-corrected chi connectivity index (χ3v) is 8.20. The Kier molecular flexibility index (Phi) is 6.77. The maximum absolute atomic E-state index is 11.9. The van der Waals surface area contributed by atoms with Crippen molar-refractivity contribution in [2.75, 3.05) is 26.4 Å². The maximum Gasteiger partial charge on any atom is 0.191 e. The van der Waals surface area contributed by atoms with Gasteiger partial charge < -0.3 is 10.6 Å². The molecule has 146 valence electrons. The summed E-state index contributed by atoms with van der Waals surface area (Å²) in [6.07, 6.45) is 6.02. The van der Waals surface area contributed by atoms with Crippen LogP contribution in [-0.4, -0.2) is 45.5 Å². The minimum absolute atomic E-state index is 0.102. The molecule has 0 aromatic heterocycles. The van der Waals surface area contributed by atoms with Gasteiger partial charge in [-0.15, -0.1) is 0 Å². The Morgan fingerprint density at radius 1 is 1.19 bits per heavy atom. The number of halogens is 1. The lowest BCUT2D eigenvalue weighted by Crippen LogP contribution is -2.50. The summed E-state index contributed by atoms with van der Waals surface area (Å²) in [5.41, 5.74) is 1.45. The first-order chi connectivity index (χ1) is 12.1. The van der Waals surface area contributed by atoms with Crippen LogP contribution < -0.4 is 10.6 Å². The normalized spacial score (nSPS) is 18.0. The standard InChI is InChI=1S/C19H30BrN3O2S/c1-18(2,26(4,24)25)13-22-17(21-3)23-14-19(11-5-6-12-19)15-7-9-16(20)10-8-15/h7-10H,5-6,11-14H2,1-4H3,(H2,21,22,23). The number of aliphatic imine (C=N–C) groups is 1. The highest BCUT2D eigenvalue weighted by Crippen LogP contribution is 2.40. The van der Waals surface area contributed by atoms with E-state index in [1.165, 1.54) is 24.7 Å². The summed E-state index contributed by atoms with van der Waals surface area (Å²) in [4.78, 5) is 4.27. The van der Waals surface area contributed by atoms with Crippen molar-refractivity contribution in [1.82, 2.24) is 10.6 Å². The molecule has 0 radical (unpaired) electrons. The van der Waals surface area contributed by atoms with Gasteiger partial charge >= 0.3 is 0 Å². The van der Waals surface area contributed by atoms with E-state index in [0.717, 1.165) is 23.9 Å². The number of sulfone groups is 1. The van der Waals surface area contributed by atoms with Gasteiger partial charge in [0.15, 0.2) is 15.8 Å². The van der Waals surface area contributed by atoms with Crippen molar-refractivity contribution in [3.63, 3.8) is 0 Å². The topological polar surface area (TPSA) is 70.6 Å². The van der Waals surface area contributed by atoms with Crippen LogP contribution in [0.3, 0.4) is 0 Å². The van der Waals surface area contributed by atoms with Crippen molar-refractivity contribution < 1.29 is 8.42 Å². The van der Waals surface area contributed by atoms with Gasteiger partial charge in [0, 0.05) is 36.3 Å². The molecule has 0 aliphatic heterocycles. The van der Waals surface area contributed by atoms with Crippen LogP contribution in [0.2, 0.25) is 0 Å². The number of guanidine groups is 1. The molecule has 0 saturated heterocycles. The predicted octanol–water partition coefficient (Wildman–Crippen LogP) is 3.25. The quantitative estimate of drug-likeness (QED) is 0.522. The molecule has 0 spiro atoms. The van der Waals surface area contributed by atoms with E-state index in [9.17, 15) is 8.42 Å². The van der Waals surface area contributed by atoms with Crippen molar-refractivity contribution >= 4 is 31.7 Å². The van der Waals surface area contributed by atoms with Crippen molar-refractivity contribution in [2.45, 2.75) is 49.7 Å². The van der Waals surface area contributed by atoms with E-state index in [0.29, 0.717) is 12.5 Å². The number of hydrogen-bond donors (Lipinski definition) is 2. The van der Waals surface area contributed by atoms with Crippen LogP contribution in [0.1, 0.15) is 45.1 Å². The zero-order valence-electron chi connectivity index (χ0n) is 16.1. The van der Waals surface area contributed by atoms with Crippen LogP contribution in [0, 0.1) is 0 Å². The number of hydrogen-bond acceptors (Lipinski definition) is 3. The summed E-state index contributed by atoms with van der Waals surface area (Å²) in [6, 6.07) is 8.58. The fraction of sp³-hybridized carbons (Fsp3) is 0.632. The lowest BCUT2D eigenvalue weighted by Gasteiger charge is -2.31. The molecule has 1 aliphatic carbocycles. The molecule has 1 aromatic rings. The van der Waals surface area contributed by atoms with Gasteiger partial charge in [0.25, 0.3) is 0 Å². The molecule has 1 fully saturated rings. The third-order valence-electron chi connectivity index (χ3n) is 5.52. The van der Waals surface area contributed by atoms with Crippen LogP contribution in [0.25, 0.3) is 0 Å². The van der Waals surface area contributed by atoms with Crippen molar-refractivity contribution in [2.24, 2.45) is 4.99 Å². The van der Waals surface area contributed by atoms with Gasteiger partial charge in [0.1, 0.15) is 0 Å². The first-order valence-corrected chi connectivity index (χ1v) is 11.7. The Hall–Kier alpha value is -1.08. The SMILES string of the molecule is CN=C(NCC1(c2ccc(Br)cc2)CCCC1)NCC(C)(C)S(C)(=O)=O. The molecule has 7 heteroatoms. The summed E-state index contributed by atoms with van der Waals surface area (Å²) >= 11 is 3.51. The van der Waals surface area contributed by atoms with Gasteiger partial charge in [-0.2, -0.15) is 0 Å². The Labute approximate surface area is 166 Å². The van der Waals surface area contributed by atoms with Crippen molar-refractivity contribution in [1.29, 1.82) is 0 Å². The number of rotatable bonds is 6. The van der Waals surface area contributed by atoms with Gasteiger partial charge in [-0.1, -0.05) is 40.9 Å². The largest absolute Gasteiger partial charge is 0.356 e. The van der Waals surface area contributed by atoms with Crippen LogP contribution in [0.15, 0.2) is 33.7 Å². The minimum atomic E-state index is -3.15. The molecule has 1 saturated carbocycles. The van der Waals surface area contributed by atoms with E-state index in [1.54, 1.807) is 20.9 Å². The molecule has 0 atom stereocenters. The zero-order valence-corrected chi connectivity index (χ0v) is 18.5. The molecule has 0 unspecified atom stereocenters. The number of nitrogens with one attached hydrogen (secondary N) is 2. The van der Waals surface area contributed by atoms with Crippen LogP contribution in [0.5, 0.6) is 0 Å². The third kappa shape index (κ3) is 5.00. The smallest absolute Gasteiger partial charge is 0.191 e. The minimum Gasteiger partial charge on any atom is -0.356 e. The first kappa shape index (κ1) is 21.2. The van der Waals surface area contributed by atoms with Gasteiger partial charge in [0.05, 0.1) is 4.75 Å². The monoisotopic (exact) mass is 443 g/mol. The lowest BCUT2D eigenvalue weighted by atomic mass is 9.79. The van der Waals surface area contributed by atoms with Gasteiger partial charge in [-0.25, -0.2) is 8.42 Å². The fourth-order valence-electron chi connectivity index (χ4n) is 3.32. The van der Waals surface area contributed by atoms with Crippen molar-refractivity contribution in [3.8, 4) is 0 Å². The summed E-state index contributed by atoms with van der Waals surface area (Å²) < 4.78 is 24.0. The van der Waals surface area contributed by atoms with E-state index < -0.39 is 14.6 Å². The Morgan fingerprint density at radius 3 is 2.27 bits per heavy atom. The molecular formula is C19H30BrN3O2S. The molecule has 0 amide bonds. The van der Waals surface area contributed by atoms with Crippen molar-refractivity contribution in [3.05, 3.63) is 34.3 Å². The molecule has 26 heavy (non-hydrogen) atoms. The summed E-state index contributed by atoms with van der Waals surface area (Å²) in [5.74, 6) is 0.644. The second kappa shape index (κ2) is 8.30. The average Bonchev–Trinajstić information content (AvgIpc) is 3.04. The van der Waals surface area contributed by atoms with E-state index in [1.807, 2.05) is 0 Å². The van der Waals surface area contributed by atoms with Gasteiger partial charge in [-0.05, 0) is 44.4 Å². The van der Waals surface area contributed by atoms with Gasteiger partial charge in [-0.3, -0.25) is 4.99 Å². The van der Waals surface area contributed by atoms with E-state index in [2.05, 4.69) is 55.8 Å².